The molecular formula is C15H12O6. The van der Waals surface area contributed by atoms with E-state index in [1.54, 1.807) is 6.92 Å². The van der Waals surface area contributed by atoms with Crippen LogP contribution in [0.2, 0.25) is 0 Å². The van der Waals surface area contributed by atoms with Crippen molar-refractivity contribution in [2.75, 3.05) is 0 Å². The van der Waals surface area contributed by atoms with Gasteiger partial charge in [-0.1, -0.05) is 0 Å². The van der Waals surface area contributed by atoms with Gasteiger partial charge in [0.1, 0.15) is 23.2 Å². The highest BCUT2D eigenvalue weighted by Gasteiger charge is 2.64. The molecule has 3 atom stereocenters. The summed E-state index contributed by atoms with van der Waals surface area (Å²) in [6, 6.07) is 2.32. The van der Waals surface area contributed by atoms with Crippen LogP contribution >= 0.6 is 0 Å². The molecule has 6 nitrogen and oxygen atoms in total. The number of epoxide rings is 1. The molecule has 0 unspecified atom stereocenters. The van der Waals surface area contributed by atoms with Crippen molar-refractivity contribution in [3.05, 3.63) is 34.4 Å². The number of phenolic OH excluding ortho intramolecular Hbond substituents is 2. The molecule has 1 aliphatic heterocycles. The predicted octanol–water partition coefficient (Wildman–Crippen LogP) is 0.695. The highest BCUT2D eigenvalue weighted by molar-refractivity contribution is 6.29. The summed E-state index contributed by atoms with van der Waals surface area (Å²) in [6.45, 7) is 1.68. The average molecular weight is 288 g/mol. The van der Waals surface area contributed by atoms with Crippen LogP contribution in [0, 0.1) is 0 Å². The van der Waals surface area contributed by atoms with Crippen molar-refractivity contribution in [2.24, 2.45) is 0 Å². The number of phenols is 2. The first-order valence-electron chi connectivity index (χ1n) is 6.59. The van der Waals surface area contributed by atoms with E-state index in [0.717, 1.165) is 6.07 Å². The quantitative estimate of drug-likeness (QED) is 0.479. The van der Waals surface area contributed by atoms with Crippen molar-refractivity contribution in [1.82, 2.24) is 0 Å². The SMILES string of the molecule is C[C@]12O[C@H]1CC1=C(C(=O)c3c(O)ccc(O)c3C1=O)[C@H]2O. The van der Waals surface area contributed by atoms with Gasteiger partial charge in [0.2, 0.25) is 0 Å². The Morgan fingerprint density at radius 1 is 1.14 bits per heavy atom. The number of hydrogen-bond acceptors (Lipinski definition) is 6. The van der Waals surface area contributed by atoms with Crippen molar-refractivity contribution in [3.8, 4) is 11.5 Å². The minimum atomic E-state index is -1.21. The lowest BCUT2D eigenvalue weighted by atomic mass is 9.72. The number of hydrogen-bond donors (Lipinski definition) is 3. The van der Waals surface area contributed by atoms with Gasteiger partial charge in [0.25, 0.3) is 0 Å². The highest BCUT2D eigenvalue weighted by Crippen LogP contribution is 2.53. The number of carbonyl (C=O) groups excluding carboxylic acids is 2. The maximum atomic E-state index is 12.6. The summed E-state index contributed by atoms with van der Waals surface area (Å²) in [7, 11) is 0. The molecule has 4 rings (SSSR count). The summed E-state index contributed by atoms with van der Waals surface area (Å²) >= 11 is 0. The smallest absolute Gasteiger partial charge is 0.196 e. The van der Waals surface area contributed by atoms with Gasteiger partial charge >= 0.3 is 0 Å². The first kappa shape index (κ1) is 12.6. The van der Waals surface area contributed by atoms with Crippen molar-refractivity contribution >= 4 is 11.6 Å². The Kier molecular flexibility index (Phi) is 2.11. The minimum Gasteiger partial charge on any atom is -0.507 e. The second kappa shape index (κ2) is 3.52. The molecule has 0 bridgehead atoms. The molecule has 3 aliphatic rings. The molecule has 0 radical (unpaired) electrons. The van der Waals surface area contributed by atoms with E-state index < -0.39 is 23.3 Å². The number of ether oxygens (including phenoxy) is 1. The third-order valence-electron chi connectivity index (χ3n) is 4.64. The molecule has 6 heteroatoms. The van der Waals surface area contributed by atoms with E-state index in [1.165, 1.54) is 6.07 Å². The lowest BCUT2D eigenvalue weighted by molar-refractivity contribution is 0.0829. The van der Waals surface area contributed by atoms with Gasteiger partial charge in [-0.05, 0) is 19.1 Å². The average Bonchev–Trinajstić information content (AvgIpc) is 3.11. The number of Topliss-reactive ketones (excluding diaryl/α,β-unsaturated/α-hetero) is 2. The maximum Gasteiger partial charge on any atom is 0.196 e. The van der Waals surface area contributed by atoms with Crippen LogP contribution in [0.25, 0.3) is 0 Å². The molecule has 0 aromatic heterocycles. The van der Waals surface area contributed by atoms with Gasteiger partial charge in [-0.2, -0.15) is 0 Å². The highest BCUT2D eigenvalue weighted by atomic mass is 16.6. The van der Waals surface area contributed by atoms with Crippen LogP contribution < -0.4 is 0 Å². The molecule has 0 spiro atoms. The van der Waals surface area contributed by atoms with Crippen LogP contribution in [0.15, 0.2) is 23.3 Å². The third-order valence-corrected chi connectivity index (χ3v) is 4.64. The lowest BCUT2D eigenvalue weighted by Crippen LogP contribution is -2.41. The summed E-state index contributed by atoms with van der Waals surface area (Å²) in [6.07, 6.45) is -1.29. The van der Waals surface area contributed by atoms with Crippen LogP contribution in [-0.4, -0.2) is 44.7 Å². The minimum absolute atomic E-state index is 0.0235. The summed E-state index contributed by atoms with van der Waals surface area (Å²) in [5.41, 5.74) is -1.15. The number of aromatic hydroxyl groups is 2. The number of aliphatic hydroxyl groups is 1. The summed E-state index contributed by atoms with van der Waals surface area (Å²) in [5.74, 6) is -1.91. The van der Waals surface area contributed by atoms with Gasteiger partial charge in [0.15, 0.2) is 11.6 Å². The van der Waals surface area contributed by atoms with Gasteiger partial charge in [0, 0.05) is 17.6 Å². The Hall–Kier alpha value is -2.18. The van der Waals surface area contributed by atoms with E-state index in [-0.39, 0.29) is 46.3 Å². The fraction of sp³-hybridized carbons (Fsp3) is 0.333. The molecule has 108 valence electrons. The Morgan fingerprint density at radius 3 is 2.33 bits per heavy atom. The van der Waals surface area contributed by atoms with Crippen LogP contribution in [-0.2, 0) is 4.74 Å². The zero-order valence-electron chi connectivity index (χ0n) is 11.1. The second-order valence-corrected chi connectivity index (χ2v) is 5.80. The molecule has 3 N–H and O–H groups in total. The van der Waals surface area contributed by atoms with Crippen LogP contribution in [0.1, 0.15) is 34.1 Å². The molecule has 0 saturated carbocycles. The van der Waals surface area contributed by atoms with Gasteiger partial charge in [-0.15, -0.1) is 0 Å². The summed E-state index contributed by atoms with van der Waals surface area (Å²) in [4.78, 5) is 25.1. The van der Waals surface area contributed by atoms with Crippen molar-refractivity contribution in [1.29, 1.82) is 0 Å². The fourth-order valence-electron chi connectivity index (χ4n) is 3.31. The van der Waals surface area contributed by atoms with Crippen LogP contribution in [0.5, 0.6) is 11.5 Å². The number of rotatable bonds is 0. The van der Waals surface area contributed by atoms with Gasteiger partial charge < -0.3 is 20.1 Å². The van der Waals surface area contributed by atoms with Gasteiger partial charge in [0.05, 0.1) is 17.2 Å². The molecule has 1 fully saturated rings. The molecule has 1 heterocycles. The molecule has 2 aliphatic carbocycles. The molecule has 0 amide bonds. The topological polar surface area (TPSA) is 107 Å². The monoisotopic (exact) mass is 288 g/mol. The third kappa shape index (κ3) is 1.33. The zero-order chi connectivity index (χ0) is 15.1. The first-order valence-corrected chi connectivity index (χ1v) is 6.59. The normalized spacial score (nSPS) is 33.4. The summed E-state index contributed by atoms with van der Waals surface area (Å²) < 4.78 is 5.40. The second-order valence-electron chi connectivity index (χ2n) is 5.80. The largest absolute Gasteiger partial charge is 0.507 e. The van der Waals surface area contributed by atoms with Crippen molar-refractivity contribution in [2.45, 2.75) is 31.2 Å². The van der Waals surface area contributed by atoms with E-state index in [1.807, 2.05) is 0 Å². The number of ketones is 2. The van der Waals surface area contributed by atoms with E-state index in [9.17, 15) is 24.9 Å². The van der Waals surface area contributed by atoms with E-state index >= 15 is 0 Å². The van der Waals surface area contributed by atoms with E-state index in [0.29, 0.717) is 0 Å². The van der Waals surface area contributed by atoms with Gasteiger partial charge in [-0.25, -0.2) is 0 Å². The van der Waals surface area contributed by atoms with Gasteiger partial charge in [-0.3, -0.25) is 9.59 Å². The molecule has 1 saturated heterocycles. The Morgan fingerprint density at radius 2 is 1.71 bits per heavy atom. The lowest BCUT2D eigenvalue weighted by Gasteiger charge is -2.29. The van der Waals surface area contributed by atoms with Crippen molar-refractivity contribution < 1.29 is 29.6 Å². The zero-order valence-corrected chi connectivity index (χ0v) is 11.1. The fourth-order valence-corrected chi connectivity index (χ4v) is 3.31. The Bertz CT molecular complexity index is 762. The van der Waals surface area contributed by atoms with Crippen LogP contribution in [0.3, 0.4) is 0 Å². The molecule has 1 aromatic carbocycles. The Balaban J connectivity index is 1.98. The number of benzene rings is 1. The van der Waals surface area contributed by atoms with E-state index in [4.69, 9.17) is 4.74 Å². The molecule has 1 aromatic rings. The number of aliphatic hydroxyl groups excluding tert-OH is 1. The maximum absolute atomic E-state index is 12.6. The van der Waals surface area contributed by atoms with Crippen molar-refractivity contribution in [3.63, 3.8) is 0 Å². The first-order chi connectivity index (χ1) is 9.86. The Labute approximate surface area is 119 Å². The molecular weight excluding hydrogens is 276 g/mol. The number of carbonyl (C=O) groups is 2. The standard InChI is InChI=1S/C15H12O6/c1-15-8(21-15)4-5-9(14(15)20)13(19)11-7(17)3-2-6(16)10(11)12(5)18/h2-3,8,14,16-17,20H,4H2,1H3/t8-,14+,15-/m0/s1. The number of fused-ring (bicyclic) bond motifs is 2. The van der Waals surface area contributed by atoms with E-state index in [2.05, 4.69) is 0 Å². The van der Waals surface area contributed by atoms with Crippen LogP contribution in [0.4, 0.5) is 0 Å². The predicted molar refractivity (Wildman–Crippen MR) is 69.4 cm³/mol. The molecule has 21 heavy (non-hydrogen) atoms. The summed E-state index contributed by atoms with van der Waals surface area (Å²) in [5, 5.41) is 30.1.